The quantitative estimate of drug-likeness (QED) is 0.905. The molecule has 0 aliphatic rings. The number of benzene rings is 2. The Kier molecular flexibility index (Phi) is 5.09. The van der Waals surface area contributed by atoms with E-state index in [2.05, 4.69) is 38.2 Å². The van der Waals surface area contributed by atoms with E-state index >= 15 is 0 Å². The van der Waals surface area contributed by atoms with Crippen LogP contribution < -0.4 is 10.2 Å². The van der Waals surface area contributed by atoms with Crippen LogP contribution in [0.5, 0.6) is 0 Å². The van der Waals surface area contributed by atoms with Gasteiger partial charge in [0.25, 0.3) is 0 Å². The molecule has 0 aliphatic carbocycles. The minimum atomic E-state index is -0.291. The van der Waals surface area contributed by atoms with E-state index in [0.29, 0.717) is 0 Å². The Morgan fingerprint density at radius 1 is 1.00 bits per heavy atom. The van der Waals surface area contributed by atoms with Crippen molar-refractivity contribution in [2.45, 2.75) is 39.2 Å². The van der Waals surface area contributed by atoms with Crippen molar-refractivity contribution >= 4 is 17.3 Å². The van der Waals surface area contributed by atoms with Gasteiger partial charge in [0.1, 0.15) is 6.04 Å². The first kappa shape index (κ1) is 17.1. The number of nitrogens with zero attached hydrogens (tertiary/aromatic N) is 1. The summed E-state index contributed by atoms with van der Waals surface area (Å²) in [6, 6.07) is 17.7. The second kappa shape index (κ2) is 6.86. The lowest BCUT2D eigenvalue weighted by Crippen LogP contribution is -2.39. The molecule has 0 heterocycles. The molecule has 1 N–H and O–H groups in total. The molecule has 23 heavy (non-hydrogen) atoms. The van der Waals surface area contributed by atoms with Gasteiger partial charge in [-0.15, -0.1) is 0 Å². The molecule has 122 valence electrons. The Morgan fingerprint density at radius 2 is 1.57 bits per heavy atom. The summed E-state index contributed by atoms with van der Waals surface area (Å²) >= 11 is 0. The van der Waals surface area contributed by atoms with Crippen molar-refractivity contribution in [3.05, 3.63) is 60.2 Å². The predicted octanol–water partition coefficient (Wildman–Crippen LogP) is 4.45. The summed E-state index contributed by atoms with van der Waals surface area (Å²) in [4.78, 5) is 14.2. The van der Waals surface area contributed by atoms with Crippen LogP contribution in [0.2, 0.25) is 0 Å². The van der Waals surface area contributed by atoms with E-state index in [1.54, 1.807) is 11.9 Å². The lowest BCUT2D eigenvalue weighted by atomic mass is 9.87. The predicted molar refractivity (Wildman–Crippen MR) is 98.1 cm³/mol. The summed E-state index contributed by atoms with van der Waals surface area (Å²) in [6.45, 7) is 8.46. The fourth-order valence-electron chi connectivity index (χ4n) is 2.45. The second-order valence-corrected chi connectivity index (χ2v) is 6.93. The highest BCUT2D eigenvalue weighted by atomic mass is 16.2. The molecule has 2 aromatic rings. The van der Waals surface area contributed by atoms with E-state index < -0.39 is 0 Å². The largest absolute Gasteiger partial charge is 0.374 e. The van der Waals surface area contributed by atoms with Gasteiger partial charge in [0.15, 0.2) is 0 Å². The van der Waals surface area contributed by atoms with Crippen molar-refractivity contribution in [1.82, 2.24) is 0 Å². The van der Waals surface area contributed by atoms with E-state index in [9.17, 15) is 4.79 Å². The van der Waals surface area contributed by atoms with Gasteiger partial charge in [0.2, 0.25) is 5.91 Å². The van der Waals surface area contributed by atoms with Crippen LogP contribution in [0.1, 0.15) is 33.3 Å². The molecule has 0 aliphatic heterocycles. The molecule has 0 spiro atoms. The normalized spacial score (nSPS) is 12.6. The van der Waals surface area contributed by atoms with Crippen LogP contribution in [0, 0.1) is 0 Å². The Hall–Kier alpha value is -2.29. The molecular formula is C20H26N2O. The molecule has 0 fully saturated rings. The van der Waals surface area contributed by atoms with E-state index in [-0.39, 0.29) is 17.4 Å². The molecule has 0 saturated heterocycles. The third-order valence-electron chi connectivity index (χ3n) is 3.98. The van der Waals surface area contributed by atoms with Crippen LogP contribution in [-0.4, -0.2) is 19.0 Å². The summed E-state index contributed by atoms with van der Waals surface area (Å²) in [6.07, 6.45) is 0. The Balaban J connectivity index is 2.04. The summed E-state index contributed by atoms with van der Waals surface area (Å²) in [5.41, 5.74) is 3.27. The Bertz CT molecular complexity index is 642. The fraction of sp³-hybridized carbons (Fsp3) is 0.350. The van der Waals surface area contributed by atoms with Gasteiger partial charge in [-0.3, -0.25) is 4.79 Å². The van der Waals surface area contributed by atoms with Crippen molar-refractivity contribution in [3.8, 4) is 0 Å². The second-order valence-electron chi connectivity index (χ2n) is 6.93. The highest BCUT2D eigenvalue weighted by Crippen LogP contribution is 2.24. The van der Waals surface area contributed by atoms with Crippen LogP contribution in [0.25, 0.3) is 0 Å². The summed E-state index contributed by atoms with van der Waals surface area (Å²) in [5.74, 6) is 0.0381. The van der Waals surface area contributed by atoms with Crippen LogP contribution >= 0.6 is 0 Å². The van der Waals surface area contributed by atoms with Crippen LogP contribution in [0.15, 0.2) is 54.6 Å². The van der Waals surface area contributed by atoms with E-state index in [1.165, 1.54) is 5.56 Å². The summed E-state index contributed by atoms with van der Waals surface area (Å²) in [7, 11) is 1.80. The first-order chi connectivity index (χ1) is 10.8. The molecule has 2 rings (SSSR count). The Labute approximate surface area is 139 Å². The minimum Gasteiger partial charge on any atom is -0.374 e. The maximum absolute atomic E-state index is 12.5. The molecule has 0 aromatic heterocycles. The molecule has 0 unspecified atom stereocenters. The zero-order valence-electron chi connectivity index (χ0n) is 14.6. The van der Waals surface area contributed by atoms with Gasteiger partial charge in [-0.2, -0.15) is 0 Å². The number of anilines is 2. The molecule has 0 saturated carbocycles. The molecule has 1 atom stereocenters. The van der Waals surface area contributed by atoms with Gasteiger partial charge in [-0.1, -0.05) is 51.1 Å². The van der Waals surface area contributed by atoms with Crippen LogP contribution in [-0.2, 0) is 10.2 Å². The van der Waals surface area contributed by atoms with Gasteiger partial charge in [-0.05, 0) is 42.2 Å². The van der Waals surface area contributed by atoms with Gasteiger partial charge >= 0.3 is 0 Å². The van der Waals surface area contributed by atoms with Gasteiger partial charge in [0.05, 0.1) is 0 Å². The average Bonchev–Trinajstić information content (AvgIpc) is 2.54. The number of carbonyl (C=O) groups is 1. The smallest absolute Gasteiger partial charge is 0.248 e. The van der Waals surface area contributed by atoms with Crippen LogP contribution in [0.4, 0.5) is 11.4 Å². The zero-order chi connectivity index (χ0) is 17.0. The number of carbonyl (C=O) groups excluding carboxylic acids is 1. The highest BCUT2D eigenvalue weighted by molar-refractivity contribution is 5.98. The molecular weight excluding hydrogens is 284 g/mol. The standard InChI is InChI=1S/C20H26N2O/c1-15(19(23)22(5)18-9-7-6-8-10-18)21-17-13-11-16(12-14-17)20(2,3)4/h6-15,21H,1-5H3/t15-/m1/s1. The van der Waals surface area contributed by atoms with E-state index in [1.807, 2.05) is 49.4 Å². The van der Waals surface area contributed by atoms with Gasteiger partial charge < -0.3 is 10.2 Å². The minimum absolute atomic E-state index is 0.0381. The lowest BCUT2D eigenvalue weighted by Gasteiger charge is -2.23. The van der Waals surface area contributed by atoms with Crippen molar-refractivity contribution in [2.75, 3.05) is 17.3 Å². The number of para-hydroxylation sites is 1. The molecule has 0 radical (unpaired) electrons. The van der Waals surface area contributed by atoms with Crippen molar-refractivity contribution in [2.24, 2.45) is 0 Å². The topological polar surface area (TPSA) is 32.3 Å². The van der Waals surface area contributed by atoms with E-state index in [4.69, 9.17) is 0 Å². The van der Waals surface area contributed by atoms with E-state index in [0.717, 1.165) is 11.4 Å². The number of rotatable bonds is 4. The number of likely N-dealkylation sites (N-methyl/N-ethyl adjacent to an activating group) is 1. The van der Waals surface area contributed by atoms with Gasteiger partial charge in [-0.25, -0.2) is 0 Å². The average molecular weight is 310 g/mol. The number of hydrogen-bond donors (Lipinski definition) is 1. The fourth-order valence-corrected chi connectivity index (χ4v) is 2.45. The molecule has 1 amide bonds. The zero-order valence-corrected chi connectivity index (χ0v) is 14.6. The SMILES string of the molecule is C[C@@H](Nc1ccc(C(C)(C)C)cc1)C(=O)N(C)c1ccccc1. The van der Waals surface area contributed by atoms with Crippen molar-refractivity contribution < 1.29 is 4.79 Å². The monoisotopic (exact) mass is 310 g/mol. The molecule has 3 heteroatoms. The maximum Gasteiger partial charge on any atom is 0.248 e. The van der Waals surface area contributed by atoms with Crippen molar-refractivity contribution in [1.29, 1.82) is 0 Å². The summed E-state index contributed by atoms with van der Waals surface area (Å²) in [5, 5.41) is 3.28. The Morgan fingerprint density at radius 3 is 2.09 bits per heavy atom. The molecule has 2 aromatic carbocycles. The number of nitrogens with one attached hydrogen (secondary N) is 1. The maximum atomic E-state index is 12.5. The molecule has 3 nitrogen and oxygen atoms in total. The number of amides is 1. The first-order valence-electron chi connectivity index (χ1n) is 7.99. The van der Waals surface area contributed by atoms with Crippen molar-refractivity contribution in [3.63, 3.8) is 0 Å². The summed E-state index contributed by atoms with van der Waals surface area (Å²) < 4.78 is 0. The highest BCUT2D eigenvalue weighted by Gasteiger charge is 2.19. The van der Waals surface area contributed by atoms with Crippen LogP contribution in [0.3, 0.4) is 0 Å². The van der Waals surface area contributed by atoms with Gasteiger partial charge in [0, 0.05) is 18.4 Å². The number of hydrogen-bond acceptors (Lipinski definition) is 2. The first-order valence-corrected chi connectivity index (χ1v) is 7.99. The third-order valence-corrected chi connectivity index (χ3v) is 3.98. The third kappa shape index (κ3) is 4.35. The molecule has 0 bridgehead atoms. The lowest BCUT2D eigenvalue weighted by molar-refractivity contribution is -0.118.